The summed E-state index contributed by atoms with van der Waals surface area (Å²) in [6.45, 7) is 4.97. The van der Waals surface area contributed by atoms with Gasteiger partial charge < -0.3 is 10.2 Å². The molecule has 1 N–H and O–H groups in total. The molecule has 0 aromatic heterocycles. The quantitative estimate of drug-likeness (QED) is 0.427. The minimum Gasteiger partial charge on any atom is -0.352 e. The number of hydrogen-bond donors (Lipinski definition) is 1. The van der Waals surface area contributed by atoms with E-state index in [0.717, 1.165) is 17.0 Å². The molecule has 34 heavy (non-hydrogen) atoms. The lowest BCUT2D eigenvalue weighted by Gasteiger charge is -2.32. The number of rotatable bonds is 10. The molecule has 0 fully saturated rings. The van der Waals surface area contributed by atoms with E-state index in [2.05, 4.69) is 21.2 Å². The molecule has 2 unspecified atom stereocenters. The van der Waals surface area contributed by atoms with E-state index in [0.29, 0.717) is 25.8 Å². The van der Waals surface area contributed by atoms with Gasteiger partial charge in [0.25, 0.3) is 0 Å². The SMILES string of the molecule is CCC(C)NC(=O)C(C)N(Cc1ccc(Cl)c(Cl)c1)C(=O)CN(c1ccccc1Br)S(C)(=O)=O. The van der Waals surface area contributed by atoms with Crippen molar-refractivity contribution in [3.05, 3.63) is 62.5 Å². The van der Waals surface area contributed by atoms with Crippen molar-refractivity contribution in [2.75, 3.05) is 17.1 Å². The van der Waals surface area contributed by atoms with Gasteiger partial charge in [0.2, 0.25) is 21.8 Å². The summed E-state index contributed by atoms with van der Waals surface area (Å²) in [5.74, 6) is -0.881. The number of amides is 2. The van der Waals surface area contributed by atoms with Crippen LogP contribution in [-0.4, -0.2) is 50.0 Å². The van der Waals surface area contributed by atoms with Gasteiger partial charge in [-0.25, -0.2) is 8.42 Å². The van der Waals surface area contributed by atoms with Crippen LogP contribution in [0, 0.1) is 0 Å². The van der Waals surface area contributed by atoms with Crippen LogP contribution < -0.4 is 9.62 Å². The Labute approximate surface area is 219 Å². The average molecular weight is 593 g/mol. The third kappa shape index (κ3) is 7.60. The summed E-state index contributed by atoms with van der Waals surface area (Å²) < 4.78 is 26.7. The zero-order valence-electron chi connectivity index (χ0n) is 19.4. The maximum absolute atomic E-state index is 13.5. The molecule has 0 heterocycles. The standard InChI is InChI=1S/C23H28BrCl2N3O4S/c1-5-15(2)27-23(31)16(3)28(13-17-10-11-19(25)20(26)12-17)22(30)14-29(34(4,32)33)21-9-7-6-8-18(21)24/h6-12,15-16H,5,13-14H2,1-4H3,(H,27,31). The first-order valence-corrected chi connectivity index (χ1v) is 14.0. The Morgan fingerprint density at radius 1 is 1.09 bits per heavy atom. The monoisotopic (exact) mass is 591 g/mol. The number of nitrogens with zero attached hydrogens (tertiary/aromatic N) is 2. The first kappa shape index (κ1) is 28.4. The number of para-hydroxylation sites is 1. The topological polar surface area (TPSA) is 86.8 Å². The summed E-state index contributed by atoms with van der Waals surface area (Å²) in [5.41, 5.74) is 0.974. The predicted octanol–water partition coefficient (Wildman–Crippen LogP) is 4.85. The molecule has 7 nitrogen and oxygen atoms in total. The van der Waals surface area contributed by atoms with Crippen LogP contribution in [0.15, 0.2) is 46.9 Å². The van der Waals surface area contributed by atoms with Crippen molar-refractivity contribution in [2.45, 2.75) is 45.8 Å². The number of carbonyl (C=O) groups excluding carboxylic acids is 2. The lowest BCUT2D eigenvalue weighted by atomic mass is 10.1. The fourth-order valence-corrected chi connectivity index (χ4v) is 4.93. The Morgan fingerprint density at radius 2 is 1.74 bits per heavy atom. The number of anilines is 1. The number of carbonyl (C=O) groups is 2. The molecular formula is C23H28BrCl2N3O4S. The summed E-state index contributed by atoms with van der Waals surface area (Å²) in [6.07, 6.45) is 1.76. The van der Waals surface area contributed by atoms with Crippen LogP contribution in [0.3, 0.4) is 0 Å². The molecule has 0 aliphatic heterocycles. The lowest BCUT2D eigenvalue weighted by molar-refractivity contribution is -0.139. The maximum Gasteiger partial charge on any atom is 0.244 e. The van der Waals surface area contributed by atoms with E-state index in [-0.39, 0.29) is 18.5 Å². The molecule has 2 rings (SSSR count). The Balaban J connectivity index is 2.42. The van der Waals surface area contributed by atoms with Crippen molar-refractivity contribution in [1.29, 1.82) is 0 Å². The maximum atomic E-state index is 13.5. The highest BCUT2D eigenvalue weighted by atomic mass is 79.9. The van der Waals surface area contributed by atoms with Gasteiger partial charge in [0.15, 0.2) is 0 Å². The van der Waals surface area contributed by atoms with Crippen LogP contribution in [0.25, 0.3) is 0 Å². The second-order valence-corrected chi connectivity index (χ2v) is 11.6. The molecule has 0 aliphatic carbocycles. The van der Waals surface area contributed by atoms with E-state index in [1.807, 2.05) is 13.8 Å². The van der Waals surface area contributed by atoms with Gasteiger partial charge in [-0.2, -0.15) is 0 Å². The first-order chi connectivity index (χ1) is 15.8. The molecular weight excluding hydrogens is 565 g/mol. The van der Waals surface area contributed by atoms with Crippen LogP contribution in [0.5, 0.6) is 0 Å². The first-order valence-electron chi connectivity index (χ1n) is 10.6. The van der Waals surface area contributed by atoms with Crippen molar-refractivity contribution in [1.82, 2.24) is 10.2 Å². The Kier molecular flexibility index (Phi) is 10.2. The van der Waals surface area contributed by atoms with Crippen molar-refractivity contribution >= 4 is 66.7 Å². The van der Waals surface area contributed by atoms with E-state index in [9.17, 15) is 18.0 Å². The number of halogens is 3. The molecule has 2 aromatic carbocycles. The highest BCUT2D eigenvalue weighted by Crippen LogP contribution is 2.28. The molecule has 0 spiro atoms. The zero-order valence-corrected chi connectivity index (χ0v) is 23.3. The third-order valence-corrected chi connectivity index (χ3v) is 7.84. The van der Waals surface area contributed by atoms with Gasteiger partial charge in [0.1, 0.15) is 12.6 Å². The summed E-state index contributed by atoms with van der Waals surface area (Å²) in [4.78, 5) is 27.7. The lowest BCUT2D eigenvalue weighted by Crippen LogP contribution is -2.52. The van der Waals surface area contributed by atoms with Crippen molar-refractivity contribution in [2.24, 2.45) is 0 Å². The molecule has 0 saturated carbocycles. The molecule has 2 amide bonds. The van der Waals surface area contributed by atoms with Gasteiger partial charge in [-0.05, 0) is 66.0 Å². The largest absolute Gasteiger partial charge is 0.352 e. The zero-order chi connectivity index (χ0) is 25.6. The van der Waals surface area contributed by atoms with E-state index in [4.69, 9.17) is 23.2 Å². The second kappa shape index (κ2) is 12.2. The van der Waals surface area contributed by atoms with Crippen LogP contribution in [0.1, 0.15) is 32.8 Å². The van der Waals surface area contributed by atoms with Crippen molar-refractivity contribution in [3.8, 4) is 0 Å². The molecule has 11 heteroatoms. The Morgan fingerprint density at radius 3 is 2.29 bits per heavy atom. The van der Waals surface area contributed by atoms with Crippen LogP contribution in [0.4, 0.5) is 5.69 Å². The van der Waals surface area contributed by atoms with Gasteiger partial charge in [-0.1, -0.05) is 48.3 Å². The van der Waals surface area contributed by atoms with Gasteiger partial charge in [-0.15, -0.1) is 0 Å². The highest BCUT2D eigenvalue weighted by molar-refractivity contribution is 9.10. The van der Waals surface area contributed by atoms with Gasteiger partial charge in [0, 0.05) is 17.1 Å². The van der Waals surface area contributed by atoms with Crippen LogP contribution in [-0.2, 0) is 26.2 Å². The minimum absolute atomic E-state index is 0.0401. The molecule has 0 radical (unpaired) electrons. The number of sulfonamides is 1. The average Bonchev–Trinajstić information content (AvgIpc) is 2.77. The Bertz CT molecular complexity index is 1150. The summed E-state index contributed by atoms with van der Waals surface area (Å²) in [6, 6.07) is 10.7. The van der Waals surface area contributed by atoms with Gasteiger partial charge >= 0.3 is 0 Å². The van der Waals surface area contributed by atoms with E-state index < -0.39 is 28.5 Å². The number of benzene rings is 2. The number of nitrogens with one attached hydrogen (secondary N) is 1. The summed E-state index contributed by atoms with van der Waals surface area (Å²) in [7, 11) is -3.81. The van der Waals surface area contributed by atoms with Gasteiger partial charge in [0.05, 0.1) is 22.0 Å². The predicted molar refractivity (Wildman–Crippen MR) is 141 cm³/mol. The molecule has 0 bridgehead atoms. The second-order valence-electron chi connectivity index (χ2n) is 7.99. The molecule has 2 atom stereocenters. The molecule has 0 aliphatic rings. The molecule has 186 valence electrons. The normalized spacial score (nSPS) is 13.1. The van der Waals surface area contributed by atoms with Crippen LogP contribution in [0.2, 0.25) is 10.0 Å². The summed E-state index contributed by atoms with van der Waals surface area (Å²) >= 11 is 15.5. The van der Waals surface area contributed by atoms with Gasteiger partial charge in [-0.3, -0.25) is 13.9 Å². The minimum atomic E-state index is -3.81. The van der Waals surface area contributed by atoms with E-state index in [1.165, 1.54) is 4.90 Å². The van der Waals surface area contributed by atoms with E-state index in [1.54, 1.807) is 49.4 Å². The fraction of sp³-hybridized carbons (Fsp3) is 0.391. The van der Waals surface area contributed by atoms with Crippen molar-refractivity contribution in [3.63, 3.8) is 0 Å². The van der Waals surface area contributed by atoms with Crippen LogP contribution >= 0.6 is 39.1 Å². The summed E-state index contributed by atoms with van der Waals surface area (Å²) in [5, 5.41) is 3.55. The Hall–Kier alpha value is -1.81. The smallest absolute Gasteiger partial charge is 0.244 e. The fourth-order valence-electron chi connectivity index (χ4n) is 3.13. The van der Waals surface area contributed by atoms with E-state index >= 15 is 0 Å². The highest BCUT2D eigenvalue weighted by Gasteiger charge is 2.31. The van der Waals surface area contributed by atoms with Crippen molar-refractivity contribution < 1.29 is 18.0 Å². The number of hydrogen-bond acceptors (Lipinski definition) is 4. The molecule has 2 aromatic rings. The third-order valence-electron chi connectivity index (χ3n) is 5.31. The molecule has 0 saturated heterocycles.